The highest BCUT2D eigenvalue weighted by Crippen LogP contribution is 2.32. The molecule has 3 rings (SSSR count). The molecule has 1 aliphatic heterocycles. The number of aliphatic hydroxyl groups is 1. The van der Waals surface area contributed by atoms with Crippen LogP contribution < -0.4 is 0 Å². The number of benzene rings is 1. The molecule has 7 heteroatoms. The highest BCUT2D eigenvalue weighted by molar-refractivity contribution is 7.13. The molecule has 1 aliphatic rings. The van der Waals surface area contributed by atoms with Crippen molar-refractivity contribution in [2.24, 2.45) is 0 Å². The van der Waals surface area contributed by atoms with E-state index in [0.29, 0.717) is 23.7 Å². The Labute approximate surface area is 130 Å². The van der Waals surface area contributed by atoms with Crippen LogP contribution in [-0.2, 0) is 12.7 Å². The molecule has 2 aromatic rings. The van der Waals surface area contributed by atoms with Gasteiger partial charge in [0, 0.05) is 30.6 Å². The van der Waals surface area contributed by atoms with Crippen LogP contribution in [0.3, 0.4) is 0 Å². The van der Waals surface area contributed by atoms with Crippen molar-refractivity contribution < 1.29 is 18.3 Å². The summed E-state index contributed by atoms with van der Waals surface area (Å²) in [7, 11) is 0. The van der Waals surface area contributed by atoms with Crippen LogP contribution in [0.2, 0.25) is 0 Å². The lowest BCUT2D eigenvalue weighted by Crippen LogP contribution is -2.21. The maximum atomic E-state index is 12.5. The van der Waals surface area contributed by atoms with E-state index in [0.717, 1.165) is 30.8 Å². The topological polar surface area (TPSA) is 36.4 Å². The number of likely N-dealkylation sites (tertiary alicyclic amines) is 1. The molecule has 22 heavy (non-hydrogen) atoms. The first kappa shape index (κ1) is 15.5. The van der Waals surface area contributed by atoms with Gasteiger partial charge in [0.25, 0.3) is 0 Å². The molecule has 0 saturated carbocycles. The SMILES string of the molecule is OC1CCN(Cc2csc(-c3ccc(C(F)(F)F)cc3)n2)C1. The molecule has 0 spiro atoms. The highest BCUT2D eigenvalue weighted by Gasteiger charge is 2.30. The molecule has 2 heterocycles. The zero-order valence-electron chi connectivity index (χ0n) is 11.7. The Bertz CT molecular complexity index is 639. The van der Waals surface area contributed by atoms with Crippen LogP contribution >= 0.6 is 11.3 Å². The minimum atomic E-state index is -4.32. The lowest BCUT2D eigenvalue weighted by molar-refractivity contribution is -0.137. The molecule has 1 atom stereocenters. The third kappa shape index (κ3) is 3.48. The van der Waals surface area contributed by atoms with Gasteiger partial charge in [0.2, 0.25) is 0 Å². The van der Waals surface area contributed by atoms with E-state index in [1.165, 1.54) is 23.5 Å². The molecule has 1 saturated heterocycles. The monoisotopic (exact) mass is 328 g/mol. The zero-order valence-corrected chi connectivity index (χ0v) is 12.5. The predicted octanol–water partition coefficient (Wildman–Crippen LogP) is 3.40. The summed E-state index contributed by atoms with van der Waals surface area (Å²) in [6.45, 7) is 2.15. The number of halogens is 3. The number of rotatable bonds is 3. The minimum absolute atomic E-state index is 0.270. The number of aromatic nitrogens is 1. The minimum Gasteiger partial charge on any atom is -0.392 e. The standard InChI is InChI=1S/C15H15F3N2OS/c16-15(17,18)11-3-1-10(2-4-11)14-19-12(9-22-14)7-20-6-5-13(21)8-20/h1-4,9,13,21H,5-8H2. The number of β-amino-alcohol motifs (C(OH)–C–C–N with tert-alkyl or cyclic N) is 1. The van der Waals surface area contributed by atoms with Crippen molar-refractivity contribution in [3.63, 3.8) is 0 Å². The van der Waals surface area contributed by atoms with E-state index in [1.807, 2.05) is 5.38 Å². The fraction of sp³-hybridized carbons (Fsp3) is 0.400. The summed E-state index contributed by atoms with van der Waals surface area (Å²) in [4.78, 5) is 6.60. The summed E-state index contributed by atoms with van der Waals surface area (Å²) in [6.07, 6.45) is -3.81. The van der Waals surface area contributed by atoms with E-state index in [-0.39, 0.29) is 6.10 Å². The third-order valence-electron chi connectivity index (χ3n) is 3.64. The molecule has 1 aromatic heterocycles. The van der Waals surface area contributed by atoms with Crippen LogP contribution in [0.5, 0.6) is 0 Å². The van der Waals surface area contributed by atoms with Crippen LogP contribution in [0.1, 0.15) is 17.7 Å². The number of aliphatic hydroxyl groups excluding tert-OH is 1. The molecular weight excluding hydrogens is 313 g/mol. The largest absolute Gasteiger partial charge is 0.416 e. The molecule has 0 amide bonds. The van der Waals surface area contributed by atoms with Crippen molar-refractivity contribution in [2.45, 2.75) is 25.2 Å². The maximum absolute atomic E-state index is 12.5. The second kappa shape index (κ2) is 5.98. The average Bonchev–Trinajstić information content (AvgIpc) is 3.08. The Morgan fingerprint density at radius 3 is 2.59 bits per heavy atom. The molecular formula is C15H15F3N2OS. The zero-order chi connectivity index (χ0) is 15.7. The normalized spacial score (nSPS) is 19.7. The maximum Gasteiger partial charge on any atom is 0.416 e. The van der Waals surface area contributed by atoms with E-state index >= 15 is 0 Å². The Morgan fingerprint density at radius 2 is 2.00 bits per heavy atom. The van der Waals surface area contributed by atoms with Gasteiger partial charge in [-0.1, -0.05) is 12.1 Å². The van der Waals surface area contributed by atoms with E-state index in [4.69, 9.17) is 0 Å². The van der Waals surface area contributed by atoms with Crippen LogP contribution in [-0.4, -0.2) is 34.2 Å². The molecule has 1 N–H and O–H groups in total. The number of hydrogen-bond donors (Lipinski definition) is 1. The van der Waals surface area contributed by atoms with Gasteiger partial charge < -0.3 is 5.11 Å². The second-order valence-corrected chi connectivity index (χ2v) is 6.25. The van der Waals surface area contributed by atoms with Gasteiger partial charge in [0.15, 0.2) is 0 Å². The van der Waals surface area contributed by atoms with Crippen LogP contribution in [0, 0.1) is 0 Å². The molecule has 118 valence electrons. The first-order valence-electron chi connectivity index (χ1n) is 6.94. The summed E-state index contributed by atoms with van der Waals surface area (Å²) in [5.41, 5.74) is 0.916. The van der Waals surface area contributed by atoms with Crippen LogP contribution in [0.15, 0.2) is 29.6 Å². The van der Waals surface area contributed by atoms with Crippen molar-refractivity contribution in [1.82, 2.24) is 9.88 Å². The second-order valence-electron chi connectivity index (χ2n) is 5.40. The van der Waals surface area contributed by atoms with Gasteiger partial charge in [-0.3, -0.25) is 4.90 Å². The Balaban J connectivity index is 1.70. The molecule has 0 aliphatic carbocycles. The van der Waals surface area contributed by atoms with Crippen molar-refractivity contribution in [3.8, 4) is 10.6 Å². The van der Waals surface area contributed by atoms with E-state index in [9.17, 15) is 18.3 Å². The Kier molecular flexibility index (Phi) is 4.20. The van der Waals surface area contributed by atoms with Crippen molar-refractivity contribution in [2.75, 3.05) is 13.1 Å². The fourth-order valence-electron chi connectivity index (χ4n) is 2.50. The number of nitrogens with zero attached hydrogens (tertiary/aromatic N) is 2. The number of thiazole rings is 1. The van der Waals surface area contributed by atoms with Gasteiger partial charge in [-0.05, 0) is 18.6 Å². The summed E-state index contributed by atoms with van der Waals surface area (Å²) in [6, 6.07) is 5.05. The Hall–Kier alpha value is -1.44. The summed E-state index contributed by atoms with van der Waals surface area (Å²) in [5, 5.41) is 12.1. The van der Waals surface area contributed by atoms with Gasteiger partial charge >= 0.3 is 6.18 Å². The van der Waals surface area contributed by atoms with E-state index in [1.54, 1.807) is 0 Å². The summed E-state index contributed by atoms with van der Waals surface area (Å²) < 4.78 is 37.6. The van der Waals surface area contributed by atoms with Crippen molar-refractivity contribution >= 4 is 11.3 Å². The Morgan fingerprint density at radius 1 is 1.27 bits per heavy atom. The van der Waals surface area contributed by atoms with E-state index in [2.05, 4.69) is 9.88 Å². The summed E-state index contributed by atoms with van der Waals surface area (Å²) in [5.74, 6) is 0. The molecule has 3 nitrogen and oxygen atoms in total. The fourth-order valence-corrected chi connectivity index (χ4v) is 3.32. The smallest absolute Gasteiger partial charge is 0.392 e. The highest BCUT2D eigenvalue weighted by atomic mass is 32.1. The van der Waals surface area contributed by atoms with Gasteiger partial charge in [-0.2, -0.15) is 13.2 Å². The molecule has 1 fully saturated rings. The van der Waals surface area contributed by atoms with Gasteiger partial charge in [-0.25, -0.2) is 4.98 Å². The first-order valence-corrected chi connectivity index (χ1v) is 7.82. The lowest BCUT2D eigenvalue weighted by atomic mass is 10.1. The van der Waals surface area contributed by atoms with Gasteiger partial charge in [0.05, 0.1) is 17.4 Å². The van der Waals surface area contributed by atoms with Gasteiger partial charge in [-0.15, -0.1) is 11.3 Å². The lowest BCUT2D eigenvalue weighted by Gasteiger charge is -2.12. The third-order valence-corrected chi connectivity index (χ3v) is 4.58. The molecule has 0 bridgehead atoms. The first-order chi connectivity index (χ1) is 10.4. The van der Waals surface area contributed by atoms with Crippen molar-refractivity contribution in [3.05, 3.63) is 40.9 Å². The molecule has 1 unspecified atom stereocenters. The molecule has 1 aromatic carbocycles. The average molecular weight is 328 g/mol. The van der Waals surface area contributed by atoms with Gasteiger partial charge in [0.1, 0.15) is 5.01 Å². The number of hydrogen-bond acceptors (Lipinski definition) is 4. The number of alkyl halides is 3. The van der Waals surface area contributed by atoms with Crippen molar-refractivity contribution in [1.29, 1.82) is 0 Å². The molecule has 0 radical (unpaired) electrons. The van der Waals surface area contributed by atoms with Crippen LogP contribution in [0.25, 0.3) is 10.6 Å². The van der Waals surface area contributed by atoms with E-state index < -0.39 is 11.7 Å². The van der Waals surface area contributed by atoms with Crippen LogP contribution in [0.4, 0.5) is 13.2 Å². The quantitative estimate of drug-likeness (QED) is 0.938. The predicted molar refractivity (Wildman–Crippen MR) is 78.5 cm³/mol. The summed E-state index contributed by atoms with van der Waals surface area (Å²) >= 11 is 1.42.